The van der Waals surface area contributed by atoms with Gasteiger partial charge in [-0.15, -0.1) is 0 Å². The number of fused-ring (bicyclic) bond motifs is 2. The van der Waals surface area contributed by atoms with Crippen molar-refractivity contribution in [1.29, 1.82) is 0 Å². The van der Waals surface area contributed by atoms with Crippen molar-refractivity contribution >= 4 is 33.3 Å². The molecule has 0 spiro atoms. The van der Waals surface area contributed by atoms with Crippen LogP contribution in [0.3, 0.4) is 0 Å². The molecular weight excluding hydrogens is 364 g/mol. The Kier molecular flexibility index (Phi) is 4.79. The smallest absolute Gasteiger partial charge is 0.261 e. The van der Waals surface area contributed by atoms with Crippen LogP contribution in [0.2, 0.25) is 5.02 Å². The highest BCUT2D eigenvalue weighted by Gasteiger charge is 2.11. The number of hydrogen-bond donors (Lipinski definition) is 1. The van der Waals surface area contributed by atoms with Crippen molar-refractivity contribution in [3.63, 3.8) is 0 Å². The summed E-state index contributed by atoms with van der Waals surface area (Å²) in [5.41, 5.74) is 0.329. The van der Waals surface area contributed by atoms with Crippen LogP contribution in [-0.2, 0) is 6.54 Å². The zero-order chi connectivity index (χ0) is 18.8. The maximum atomic E-state index is 12.5. The fourth-order valence-electron chi connectivity index (χ4n) is 2.99. The van der Waals surface area contributed by atoms with Crippen LogP contribution in [0.15, 0.2) is 71.8 Å². The summed E-state index contributed by atoms with van der Waals surface area (Å²) in [6, 6.07) is 18.7. The zero-order valence-corrected chi connectivity index (χ0v) is 15.1. The van der Waals surface area contributed by atoms with Gasteiger partial charge in [-0.05, 0) is 41.1 Å². The highest BCUT2D eigenvalue weighted by atomic mass is 35.5. The van der Waals surface area contributed by atoms with Crippen LogP contribution in [0.1, 0.15) is 0 Å². The summed E-state index contributed by atoms with van der Waals surface area (Å²) >= 11 is 5.96. The first-order valence-electron chi connectivity index (χ1n) is 8.54. The van der Waals surface area contributed by atoms with Crippen molar-refractivity contribution < 1.29 is 9.84 Å². The minimum Gasteiger partial charge on any atom is -0.491 e. The molecule has 0 saturated heterocycles. The van der Waals surface area contributed by atoms with Gasteiger partial charge in [0.05, 0.1) is 23.8 Å². The summed E-state index contributed by atoms with van der Waals surface area (Å²) < 4.78 is 7.06. The zero-order valence-electron chi connectivity index (χ0n) is 14.4. The van der Waals surface area contributed by atoms with Crippen LogP contribution in [-0.4, -0.2) is 27.4 Å². The first-order valence-corrected chi connectivity index (χ1v) is 8.92. The predicted molar refractivity (Wildman–Crippen MR) is 106 cm³/mol. The van der Waals surface area contributed by atoms with E-state index < -0.39 is 6.10 Å². The van der Waals surface area contributed by atoms with Gasteiger partial charge in [0.25, 0.3) is 5.56 Å². The van der Waals surface area contributed by atoms with E-state index >= 15 is 0 Å². The Hall–Kier alpha value is -2.89. The normalized spacial score (nSPS) is 12.4. The van der Waals surface area contributed by atoms with Gasteiger partial charge < -0.3 is 9.84 Å². The van der Waals surface area contributed by atoms with Crippen molar-refractivity contribution in [3.8, 4) is 5.75 Å². The molecule has 4 aromatic rings. The minimum absolute atomic E-state index is 0.0678. The molecule has 6 heteroatoms. The Labute approximate surface area is 160 Å². The molecule has 1 N–H and O–H groups in total. The molecule has 1 aromatic heterocycles. The monoisotopic (exact) mass is 380 g/mol. The number of aliphatic hydroxyl groups is 1. The molecule has 0 aliphatic rings. The van der Waals surface area contributed by atoms with Gasteiger partial charge in [0.15, 0.2) is 0 Å². The molecule has 136 valence electrons. The van der Waals surface area contributed by atoms with E-state index in [1.165, 1.54) is 10.9 Å². The van der Waals surface area contributed by atoms with E-state index in [1.807, 2.05) is 42.5 Å². The number of aliphatic hydroxyl groups excluding tert-OH is 1. The van der Waals surface area contributed by atoms with E-state index in [0.29, 0.717) is 21.7 Å². The molecule has 0 aliphatic heterocycles. The SMILES string of the molecule is O=c1c2cc(Cl)ccc2ncn1CC(O)COc1ccc2ccccc2c1. The molecule has 1 unspecified atom stereocenters. The number of hydrogen-bond acceptors (Lipinski definition) is 4. The Morgan fingerprint density at radius 1 is 1.07 bits per heavy atom. The molecular formula is C21H17ClN2O3. The van der Waals surface area contributed by atoms with Crippen molar-refractivity contribution in [2.75, 3.05) is 6.61 Å². The van der Waals surface area contributed by atoms with Gasteiger partial charge in [-0.25, -0.2) is 4.98 Å². The molecule has 1 atom stereocenters. The maximum absolute atomic E-state index is 12.5. The van der Waals surface area contributed by atoms with Crippen LogP contribution in [0, 0.1) is 0 Å². The number of aromatic nitrogens is 2. The average molecular weight is 381 g/mol. The lowest BCUT2D eigenvalue weighted by Crippen LogP contribution is -2.30. The van der Waals surface area contributed by atoms with E-state index in [4.69, 9.17) is 16.3 Å². The van der Waals surface area contributed by atoms with Crippen LogP contribution in [0.25, 0.3) is 21.7 Å². The van der Waals surface area contributed by atoms with E-state index in [1.54, 1.807) is 18.2 Å². The van der Waals surface area contributed by atoms with Crippen molar-refractivity contribution in [1.82, 2.24) is 9.55 Å². The second-order valence-electron chi connectivity index (χ2n) is 6.34. The third-order valence-electron chi connectivity index (χ3n) is 4.36. The summed E-state index contributed by atoms with van der Waals surface area (Å²) in [5, 5.41) is 13.4. The molecule has 5 nitrogen and oxygen atoms in total. The van der Waals surface area contributed by atoms with Crippen molar-refractivity contribution in [2.24, 2.45) is 0 Å². The van der Waals surface area contributed by atoms with Gasteiger partial charge in [0.1, 0.15) is 18.5 Å². The summed E-state index contributed by atoms with van der Waals surface area (Å²) in [5.74, 6) is 0.670. The van der Waals surface area contributed by atoms with E-state index in [2.05, 4.69) is 4.98 Å². The van der Waals surface area contributed by atoms with E-state index in [0.717, 1.165) is 10.8 Å². The molecule has 27 heavy (non-hydrogen) atoms. The predicted octanol–water partition coefficient (Wildman–Crippen LogP) is 3.64. The highest BCUT2D eigenvalue weighted by molar-refractivity contribution is 6.31. The van der Waals surface area contributed by atoms with Gasteiger partial charge in [-0.1, -0.05) is 41.9 Å². The standard InChI is InChI=1S/C21H17ClN2O3/c22-16-6-8-20-19(10-16)21(26)24(13-23-20)11-17(25)12-27-18-7-5-14-3-1-2-4-15(14)9-18/h1-10,13,17,25H,11-12H2. The first-order chi connectivity index (χ1) is 13.1. The number of rotatable bonds is 5. The average Bonchev–Trinajstić information content (AvgIpc) is 2.69. The topological polar surface area (TPSA) is 64.4 Å². The van der Waals surface area contributed by atoms with Crippen LogP contribution >= 0.6 is 11.6 Å². The second-order valence-corrected chi connectivity index (χ2v) is 6.77. The molecule has 0 radical (unpaired) electrons. The number of ether oxygens (including phenoxy) is 1. The Morgan fingerprint density at radius 2 is 1.89 bits per heavy atom. The fraction of sp³-hybridized carbons (Fsp3) is 0.143. The molecule has 1 heterocycles. The molecule has 3 aromatic carbocycles. The van der Waals surface area contributed by atoms with Crippen LogP contribution in [0.5, 0.6) is 5.75 Å². The lowest BCUT2D eigenvalue weighted by atomic mass is 10.1. The summed E-state index contributed by atoms with van der Waals surface area (Å²) in [6.45, 7) is 0.153. The summed E-state index contributed by atoms with van der Waals surface area (Å²) in [7, 11) is 0. The Morgan fingerprint density at radius 3 is 2.74 bits per heavy atom. The second kappa shape index (κ2) is 7.39. The lowest BCUT2D eigenvalue weighted by Gasteiger charge is -2.14. The van der Waals surface area contributed by atoms with Gasteiger partial charge in [0.2, 0.25) is 0 Å². The first kappa shape index (κ1) is 17.5. The van der Waals surface area contributed by atoms with Crippen LogP contribution in [0.4, 0.5) is 0 Å². The number of halogens is 1. The molecule has 0 bridgehead atoms. The maximum Gasteiger partial charge on any atom is 0.261 e. The summed E-state index contributed by atoms with van der Waals surface area (Å²) in [6.07, 6.45) is 0.574. The molecule has 4 rings (SSSR count). The quantitative estimate of drug-likeness (QED) is 0.574. The van der Waals surface area contributed by atoms with Gasteiger partial charge in [0, 0.05) is 5.02 Å². The third-order valence-corrected chi connectivity index (χ3v) is 4.59. The number of nitrogens with zero attached hydrogens (tertiary/aromatic N) is 2. The highest BCUT2D eigenvalue weighted by Crippen LogP contribution is 2.20. The van der Waals surface area contributed by atoms with Crippen molar-refractivity contribution in [3.05, 3.63) is 82.4 Å². The Bertz CT molecular complexity index is 1170. The van der Waals surface area contributed by atoms with Crippen LogP contribution < -0.4 is 10.3 Å². The van der Waals surface area contributed by atoms with E-state index in [-0.39, 0.29) is 18.7 Å². The summed E-state index contributed by atoms with van der Waals surface area (Å²) in [4.78, 5) is 16.8. The van der Waals surface area contributed by atoms with Gasteiger partial charge >= 0.3 is 0 Å². The Balaban J connectivity index is 1.47. The van der Waals surface area contributed by atoms with Gasteiger partial charge in [-0.2, -0.15) is 0 Å². The fourth-order valence-corrected chi connectivity index (χ4v) is 3.16. The third kappa shape index (κ3) is 3.79. The molecule has 0 saturated carbocycles. The number of benzene rings is 3. The largest absolute Gasteiger partial charge is 0.491 e. The van der Waals surface area contributed by atoms with Gasteiger partial charge in [-0.3, -0.25) is 9.36 Å². The molecule has 0 fully saturated rings. The molecule has 0 aliphatic carbocycles. The van der Waals surface area contributed by atoms with E-state index in [9.17, 15) is 9.90 Å². The van der Waals surface area contributed by atoms with Crippen molar-refractivity contribution in [2.45, 2.75) is 12.6 Å². The minimum atomic E-state index is -0.854. The molecule has 0 amide bonds. The lowest BCUT2D eigenvalue weighted by molar-refractivity contribution is 0.0915.